The van der Waals surface area contributed by atoms with E-state index in [0.29, 0.717) is 47.6 Å². The first-order valence-electron chi connectivity index (χ1n) is 10.1. The molecule has 0 spiro atoms. The Labute approximate surface area is 178 Å². The molecule has 0 radical (unpaired) electrons. The predicted molar refractivity (Wildman–Crippen MR) is 104 cm³/mol. The Kier molecular flexibility index (Phi) is 5.05. The molecule has 0 bridgehead atoms. The standard InChI is InChI=1S/C19H19F5N8/c20-15(21)9-32-17-14(5-28-32)25-6-16(30-17)29-12-1-10-7-31(8-11(10)2-12)13-3-26-18(27-4-13)19(22,23)24/h3-6,10-12,15H,1-2,7-9H2,(H,29,30)/t10-,11+,12?. The molecule has 13 heteroatoms. The van der Waals surface area contributed by atoms with Crippen LogP contribution in [-0.2, 0) is 12.7 Å². The van der Waals surface area contributed by atoms with Crippen molar-refractivity contribution in [2.75, 3.05) is 23.3 Å². The Morgan fingerprint density at radius 3 is 2.31 bits per heavy atom. The minimum Gasteiger partial charge on any atom is -0.368 e. The van der Waals surface area contributed by atoms with E-state index in [1.165, 1.54) is 18.6 Å². The van der Waals surface area contributed by atoms with Gasteiger partial charge in [-0.15, -0.1) is 0 Å². The van der Waals surface area contributed by atoms with Gasteiger partial charge in [0, 0.05) is 19.1 Å². The third kappa shape index (κ3) is 4.02. The first kappa shape index (κ1) is 20.8. The second-order valence-corrected chi connectivity index (χ2v) is 8.18. The maximum absolute atomic E-state index is 12.7. The van der Waals surface area contributed by atoms with Crippen LogP contribution in [0.5, 0.6) is 0 Å². The number of aromatic nitrogens is 6. The lowest BCUT2D eigenvalue weighted by Gasteiger charge is -2.21. The summed E-state index contributed by atoms with van der Waals surface area (Å²) < 4.78 is 64.6. The highest BCUT2D eigenvalue weighted by molar-refractivity contribution is 5.71. The lowest BCUT2D eigenvalue weighted by Crippen LogP contribution is -2.25. The zero-order valence-electron chi connectivity index (χ0n) is 16.7. The van der Waals surface area contributed by atoms with Crippen LogP contribution in [0.4, 0.5) is 33.5 Å². The van der Waals surface area contributed by atoms with E-state index in [-0.39, 0.29) is 6.04 Å². The van der Waals surface area contributed by atoms with Gasteiger partial charge >= 0.3 is 6.18 Å². The fourth-order valence-corrected chi connectivity index (χ4v) is 4.65. The van der Waals surface area contributed by atoms with Gasteiger partial charge < -0.3 is 10.2 Å². The summed E-state index contributed by atoms with van der Waals surface area (Å²) in [6.07, 6.45) is 0.0490. The Morgan fingerprint density at radius 2 is 1.69 bits per heavy atom. The molecule has 3 aromatic heterocycles. The summed E-state index contributed by atoms with van der Waals surface area (Å²) in [6.45, 7) is 0.881. The molecule has 2 fully saturated rings. The Bertz CT molecular complexity index is 1090. The molecule has 0 aromatic carbocycles. The van der Waals surface area contributed by atoms with Crippen LogP contribution in [0.15, 0.2) is 24.8 Å². The second kappa shape index (κ2) is 7.78. The van der Waals surface area contributed by atoms with Crippen molar-refractivity contribution >= 4 is 22.7 Å². The molecule has 1 aliphatic heterocycles. The summed E-state index contributed by atoms with van der Waals surface area (Å²) in [6, 6.07) is 0.147. The lowest BCUT2D eigenvalue weighted by atomic mass is 10.0. The van der Waals surface area contributed by atoms with Crippen LogP contribution in [0.1, 0.15) is 18.7 Å². The number of halogens is 5. The van der Waals surface area contributed by atoms with Crippen LogP contribution in [0, 0.1) is 11.8 Å². The highest BCUT2D eigenvalue weighted by Gasteiger charge is 2.41. The van der Waals surface area contributed by atoms with Crippen molar-refractivity contribution < 1.29 is 22.0 Å². The molecule has 170 valence electrons. The minimum absolute atomic E-state index is 0.147. The monoisotopic (exact) mass is 454 g/mol. The van der Waals surface area contributed by atoms with E-state index < -0.39 is 25.0 Å². The van der Waals surface area contributed by atoms with Crippen molar-refractivity contribution in [2.24, 2.45) is 11.8 Å². The van der Waals surface area contributed by atoms with Gasteiger partial charge in [0.05, 0.1) is 30.5 Å². The van der Waals surface area contributed by atoms with E-state index in [1.807, 2.05) is 4.90 Å². The number of nitrogens with zero attached hydrogens (tertiary/aromatic N) is 7. The molecule has 1 aliphatic carbocycles. The number of hydrogen-bond acceptors (Lipinski definition) is 7. The molecule has 2 aliphatic rings. The summed E-state index contributed by atoms with van der Waals surface area (Å²) >= 11 is 0. The molecule has 5 rings (SSSR count). The molecule has 4 heterocycles. The molecule has 0 amide bonds. The van der Waals surface area contributed by atoms with Crippen LogP contribution >= 0.6 is 0 Å². The van der Waals surface area contributed by atoms with Crippen molar-refractivity contribution in [3.05, 3.63) is 30.6 Å². The summed E-state index contributed by atoms with van der Waals surface area (Å²) in [4.78, 5) is 17.6. The number of anilines is 2. The molecule has 8 nitrogen and oxygen atoms in total. The van der Waals surface area contributed by atoms with E-state index in [9.17, 15) is 22.0 Å². The molecule has 32 heavy (non-hydrogen) atoms. The van der Waals surface area contributed by atoms with Gasteiger partial charge in [-0.2, -0.15) is 18.3 Å². The fourth-order valence-electron chi connectivity index (χ4n) is 4.65. The number of alkyl halides is 5. The summed E-state index contributed by atoms with van der Waals surface area (Å²) in [5.41, 5.74) is 1.34. The summed E-state index contributed by atoms with van der Waals surface area (Å²) in [5.74, 6) is 0.107. The average molecular weight is 454 g/mol. The van der Waals surface area contributed by atoms with Gasteiger partial charge in [0.15, 0.2) is 5.65 Å². The molecule has 3 atom stereocenters. The lowest BCUT2D eigenvalue weighted by molar-refractivity contribution is -0.144. The van der Waals surface area contributed by atoms with E-state index in [0.717, 1.165) is 17.5 Å². The fraction of sp³-hybridized carbons (Fsp3) is 0.526. The molecule has 1 saturated heterocycles. The highest BCUT2D eigenvalue weighted by atomic mass is 19.4. The number of nitrogens with one attached hydrogen (secondary N) is 1. The topological polar surface area (TPSA) is 84.7 Å². The van der Waals surface area contributed by atoms with Crippen LogP contribution in [0.25, 0.3) is 11.2 Å². The third-order valence-corrected chi connectivity index (χ3v) is 6.02. The van der Waals surface area contributed by atoms with Crippen molar-refractivity contribution in [2.45, 2.75) is 38.0 Å². The first-order chi connectivity index (χ1) is 15.3. The van der Waals surface area contributed by atoms with Crippen LogP contribution in [0.2, 0.25) is 0 Å². The van der Waals surface area contributed by atoms with Crippen molar-refractivity contribution in [3.63, 3.8) is 0 Å². The van der Waals surface area contributed by atoms with Gasteiger partial charge in [-0.05, 0) is 24.7 Å². The zero-order valence-corrected chi connectivity index (χ0v) is 16.7. The van der Waals surface area contributed by atoms with E-state index in [2.05, 4.69) is 30.4 Å². The van der Waals surface area contributed by atoms with Gasteiger partial charge in [0.25, 0.3) is 6.43 Å². The maximum Gasteiger partial charge on any atom is 0.451 e. The Morgan fingerprint density at radius 1 is 1.00 bits per heavy atom. The quantitative estimate of drug-likeness (QED) is 0.593. The Hall–Kier alpha value is -3.12. The average Bonchev–Trinajstić information content (AvgIpc) is 3.41. The maximum atomic E-state index is 12.7. The summed E-state index contributed by atoms with van der Waals surface area (Å²) in [5, 5.41) is 7.26. The first-order valence-corrected chi connectivity index (χ1v) is 10.1. The van der Waals surface area contributed by atoms with E-state index in [4.69, 9.17) is 0 Å². The molecule has 1 saturated carbocycles. The van der Waals surface area contributed by atoms with Crippen LogP contribution < -0.4 is 10.2 Å². The van der Waals surface area contributed by atoms with Crippen LogP contribution in [-0.4, -0.2) is 55.3 Å². The third-order valence-electron chi connectivity index (χ3n) is 6.02. The smallest absolute Gasteiger partial charge is 0.368 e. The molecular formula is C19H19F5N8. The second-order valence-electron chi connectivity index (χ2n) is 8.18. The van der Waals surface area contributed by atoms with E-state index in [1.54, 1.807) is 6.20 Å². The van der Waals surface area contributed by atoms with Crippen molar-refractivity contribution in [3.8, 4) is 0 Å². The van der Waals surface area contributed by atoms with Crippen molar-refractivity contribution in [1.29, 1.82) is 0 Å². The Balaban J connectivity index is 1.21. The van der Waals surface area contributed by atoms with Crippen LogP contribution in [0.3, 0.4) is 0 Å². The number of hydrogen-bond donors (Lipinski definition) is 1. The van der Waals surface area contributed by atoms with Crippen molar-refractivity contribution in [1.82, 2.24) is 29.7 Å². The van der Waals surface area contributed by atoms with Gasteiger partial charge in [0.2, 0.25) is 5.82 Å². The van der Waals surface area contributed by atoms with Gasteiger partial charge in [-0.1, -0.05) is 0 Å². The number of rotatable bonds is 5. The molecule has 1 unspecified atom stereocenters. The predicted octanol–water partition coefficient (Wildman–Crippen LogP) is 3.23. The zero-order chi connectivity index (χ0) is 22.5. The normalized spacial score (nSPS) is 23.3. The SMILES string of the molecule is FC(F)Cn1ncc2ncc(NC3C[C@@H]4CN(c5cnc(C(F)(F)F)nc5)C[C@@H]4C3)nc21. The van der Waals surface area contributed by atoms with E-state index >= 15 is 0 Å². The molecule has 3 aromatic rings. The minimum atomic E-state index is -4.55. The van der Waals surface area contributed by atoms with Gasteiger partial charge in [0.1, 0.15) is 17.9 Å². The highest BCUT2D eigenvalue weighted by Crippen LogP contribution is 2.40. The number of fused-ring (bicyclic) bond motifs is 2. The van der Waals surface area contributed by atoms with Gasteiger partial charge in [-0.3, -0.25) is 0 Å². The largest absolute Gasteiger partial charge is 0.451 e. The van der Waals surface area contributed by atoms with Gasteiger partial charge in [-0.25, -0.2) is 33.4 Å². The molecule has 1 N–H and O–H groups in total. The molecular weight excluding hydrogens is 435 g/mol. The summed E-state index contributed by atoms with van der Waals surface area (Å²) in [7, 11) is 0.